The van der Waals surface area contributed by atoms with Gasteiger partial charge in [0.2, 0.25) is 5.91 Å². The van der Waals surface area contributed by atoms with Crippen molar-refractivity contribution in [3.63, 3.8) is 0 Å². The molecule has 3 heterocycles. The molecule has 3 aliphatic rings. The van der Waals surface area contributed by atoms with Gasteiger partial charge in [-0.3, -0.25) is 9.69 Å². The molecule has 0 saturated carbocycles. The fourth-order valence-corrected chi connectivity index (χ4v) is 3.69. The maximum atomic E-state index is 12.6. The van der Waals surface area contributed by atoms with Crippen molar-refractivity contribution in [1.29, 1.82) is 0 Å². The van der Waals surface area contributed by atoms with Crippen molar-refractivity contribution in [3.05, 3.63) is 0 Å². The summed E-state index contributed by atoms with van der Waals surface area (Å²) in [5.41, 5.74) is 0. The Kier molecular flexibility index (Phi) is 9.86. The Labute approximate surface area is 157 Å². The normalized spacial score (nSPS) is 29.5. The van der Waals surface area contributed by atoms with Crippen molar-refractivity contribution >= 4 is 30.7 Å². The molecule has 0 aromatic rings. The van der Waals surface area contributed by atoms with Crippen LogP contribution < -0.4 is 5.32 Å². The summed E-state index contributed by atoms with van der Waals surface area (Å²) in [4.78, 5) is 17.1. The van der Waals surface area contributed by atoms with Crippen LogP contribution in [-0.2, 0) is 14.3 Å². The minimum Gasteiger partial charge on any atom is -0.379 e. The molecule has 3 saturated heterocycles. The Morgan fingerprint density at radius 1 is 1.08 bits per heavy atom. The number of nitrogens with zero attached hydrogens (tertiary/aromatic N) is 2. The summed E-state index contributed by atoms with van der Waals surface area (Å²) in [5, 5.41) is 3.30. The molecule has 2 atom stereocenters. The van der Waals surface area contributed by atoms with E-state index in [1.165, 1.54) is 0 Å². The Morgan fingerprint density at radius 2 is 1.75 bits per heavy atom. The molecular formula is C16H31Cl2N3O3. The number of halogens is 2. The van der Waals surface area contributed by atoms with Crippen LogP contribution in [0.25, 0.3) is 0 Å². The Bertz CT molecular complexity index is 376. The van der Waals surface area contributed by atoms with Crippen molar-refractivity contribution < 1.29 is 14.3 Å². The van der Waals surface area contributed by atoms with E-state index in [1.54, 1.807) is 0 Å². The predicted molar refractivity (Wildman–Crippen MR) is 98.3 cm³/mol. The first-order valence-electron chi connectivity index (χ1n) is 8.68. The fourth-order valence-electron chi connectivity index (χ4n) is 3.69. The van der Waals surface area contributed by atoms with Gasteiger partial charge in [0.05, 0.1) is 25.9 Å². The molecule has 1 N–H and O–H groups in total. The third-order valence-corrected chi connectivity index (χ3v) is 5.13. The van der Waals surface area contributed by atoms with Gasteiger partial charge in [0.15, 0.2) is 0 Å². The molecule has 3 fully saturated rings. The molecule has 0 aromatic heterocycles. The van der Waals surface area contributed by atoms with E-state index in [-0.39, 0.29) is 42.9 Å². The second-order valence-corrected chi connectivity index (χ2v) is 6.69. The van der Waals surface area contributed by atoms with Crippen LogP contribution in [0.4, 0.5) is 0 Å². The van der Waals surface area contributed by atoms with Gasteiger partial charge in [0.25, 0.3) is 0 Å². The topological polar surface area (TPSA) is 54.0 Å². The summed E-state index contributed by atoms with van der Waals surface area (Å²) in [7, 11) is 0. The highest BCUT2D eigenvalue weighted by atomic mass is 35.5. The van der Waals surface area contributed by atoms with Gasteiger partial charge < -0.3 is 19.7 Å². The highest BCUT2D eigenvalue weighted by molar-refractivity contribution is 5.85. The quantitative estimate of drug-likeness (QED) is 0.780. The fraction of sp³-hybridized carbons (Fsp3) is 0.938. The molecule has 1 amide bonds. The van der Waals surface area contributed by atoms with Gasteiger partial charge in [0, 0.05) is 39.3 Å². The minimum atomic E-state index is -0.162. The summed E-state index contributed by atoms with van der Waals surface area (Å²) in [6.07, 6.45) is 2.21. The van der Waals surface area contributed by atoms with Crippen molar-refractivity contribution in [2.75, 3.05) is 59.1 Å². The maximum absolute atomic E-state index is 12.6. The summed E-state index contributed by atoms with van der Waals surface area (Å²) >= 11 is 0. The number of likely N-dealkylation sites (tertiary alicyclic amines) is 1. The second-order valence-electron chi connectivity index (χ2n) is 6.69. The molecule has 0 unspecified atom stereocenters. The number of hydrogen-bond acceptors (Lipinski definition) is 5. The molecule has 0 bridgehead atoms. The molecular weight excluding hydrogens is 353 g/mol. The number of carbonyl (C=O) groups excluding carboxylic acids is 1. The Balaban J connectivity index is 0.00000144. The maximum Gasteiger partial charge on any atom is 0.242 e. The molecule has 0 aliphatic carbocycles. The lowest BCUT2D eigenvalue weighted by Crippen LogP contribution is -2.57. The first-order valence-corrected chi connectivity index (χ1v) is 8.68. The van der Waals surface area contributed by atoms with E-state index in [9.17, 15) is 4.79 Å². The first kappa shape index (κ1) is 21.9. The van der Waals surface area contributed by atoms with E-state index in [4.69, 9.17) is 9.47 Å². The third-order valence-electron chi connectivity index (χ3n) is 5.13. The van der Waals surface area contributed by atoms with Gasteiger partial charge >= 0.3 is 0 Å². The van der Waals surface area contributed by atoms with Crippen LogP contribution in [0.5, 0.6) is 0 Å². The molecule has 24 heavy (non-hydrogen) atoms. The number of nitrogens with one attached hydrogen (secondary N) is 1. The lowest BCUT2D eigenvalue weighted by atomic mass is 9.95. The Hall–Kier alpha value is -0.110. The summed E-state index contributed by atoms with van der Waals surface area (Å²) in [6.45, 7) is 10.2. The number of amides is 1. The van der Waals surface area contributed by atoms with E-state index in [0.29, 0.717) is 6.61 Å². The lowest BCUT2D eigenvalue weighted by molar-refractivity contribution is -0.141. The van der Waals surface area contributed by atoms with E-state index in [1.807, 2.05) is 11.8 Å². The van der Waals surface area contributed by atoms with Gasteiger partial charge in [-0.2, -0.15) is 0 Å². The smallest absolute Gasteiger partial charge is 0.242 e. The number of morpholine rings is 2. The molecule has 0 aromatic carbocycles. The monoisotopic (exact) mass is 383 g/mol. The van der Waals surface area contributed by atoms with Crippen LogP contribution in [-0.4, -0.2) is 86.9 Å². The zero-order valence-electron chi connectivity index (χ0n) is 14.4. The zero-order chi connectivity index (χ0) is 15.4. The summed E-state index contributed by atoms with van der Waals surface area (Å²) in [5.74, 6) is 0.937. The van der Waals surface area contributed by atoms with Crippen LogP contribution >= 0.6 is 24.8 Å². The largest absolute Gasteiger partial charge is 0.379 e. The summed E-state index contributed by atoms with van der Waals surface area (Å²) < 4.78 is 11.0. The second kappa shape index (κ2) is 10.8. The van der Waals surface area contributed by atoms with Gasteiger partial charge in [0.1, 0.15) is 6.04 Å². The molecule has 3 aliphatic heterocycles. The van der Waals surface area contributed by atoms with E-state index < -0.39 is 0 Å². The van der Waals surface area contributed by atoms with E-state index in [2.05, 4.69) is 10.2 Å². The lowest BCUT2D eigenvalue weighted by Gasteiger charge is -2.39. The standard InChI is InChI=1S/C16H29N3O3.2ClH/c1-13-15(17-4-9-22-13)16(20)19-5-2-14(3-6-19)12-18-7-10-21-11-8-18;;/h13-15,17H,2-12H2,1H3;2*1H/t13-,15+;;/m1../s1. The van der Waals surface area contributed by atoms with Crippen molar-refractivity contribution in [1.82, 2.24) is 15.1 Å². The van der Waals surface area contributed by atoms with Crippen LogP contribution in [0.2, 0.25) is 0 Å². The number of ether oxygens (including phenoxy) is 2. The first-order chi connectivity index (χ1) is 10.7. The van der Waals surface area contributed by atoms with Gasteiger partial charge in [-0.1, -0.05) is 0 Å². The summed E-state index contributed by atoms with van der Waals surface area (Å²) in [6, 6.07) is -0.162. The van der Waals surface area contributed by atoms with E-state index in [0.717, 1.165) is 71.2 Å². The zero-order valence-corrected chi connectivity index (χ0v) is 16.1. The van der Waals surface area contributed by atoms with Crippen molar-refractivity contribution in [2.45, 2.75) is 31.9 Å². The number of hydrogen-bond donors (Lipinski definition) is 1. The van der Waals surface area contributed by atoms with Gasteiger partial charge in [-0.15, -0.1) is 24.8 Å². The third kappa shape index (κ3) is 5.71. The minimum absolute atomic E-state index is 0. The van der Waals surface area contributed by atoms with Crippen molar-refractivity contribution in [3.8, 4) is 0 Å². The average Bonchev–Trinajstić information content (AvgIpc) is 2.56. The van der Waals surface area contributed by atoms with Gasteiger partial charge in [-0.05, 0) is 25.7 Å². The van der Waals surface area contributed by atoms with Crippen LogP contribution in [0.1, 0.15) is 19.8 Å². The van der Waals surface area contributed by atoms with Crippen LogP contribution in [0, 0.1) is 5.92 Å². The van der Waals surface area contributed by atoms with Gasteiger partial charge in [-0.25, -0.2) is 0 Å². The molecule has 6 nitrogen and oxygen atoms in total. The van der Waals surface area contributed by atoms with Crippen LogP contribution in [0.15, 0.2) is 0 Å². The van der Waals surface area contributed by atoms with Crippen molar-refractivity contribution in [2.24, 2.45) is 5.92 Å². The Morgan fingerprint density at radius 3 is 2.38 bits per heavy atom. The SMILES string of the molecule is C[C@H]1OCCN[C@@H]1C(=O)N1CCC(CN2CCOCC2)CC1.Cl.Cl. The molecule has 0 spiro atoms. The van der Waals surface area contributed by atoms with E-state index >= 15 is 0 Å². The highest BCUT2D eigenvalue weighted by Crippen LogP contribution is 2.20. The highest BCUT2D eigenvalue weighted by Gasteiger charge is 2.33. The molecule has 142 valence electrons. The predicted octanol–water partition coefficient (Wildman–Crippen LogP) is 0.778. The number of rotatable bonds is 3. The number of piperidine rings is 1. The molecule has 8 heteroatoms. The molecule has 3 rings (SSSR count). The molecule has 0 radical (unpaired) electrons. The van der Waals surface area contributed by atoms with Crippen LogP contribution in [0.3, 0.4) is 0 Å². The average molecular weight is 384 g/mol. The number of carbonyl (C=O) groups is 1.